The highest BCUT2D eigenvalue weighted by molar-refractivity contribution is 5.96. The Morgan fingerprint density at radius 3 is 2.36 bits per heavy atom. The number of carbonyl (C=O) groups excluding carboxylic acids is 4. The standard InChI is InChI=1S/C16H15N3O6/c20-13(18-19-16(23)12-7-4-8-24-12)10-25-14(21)9-17-15(22)11-5-2-1-3-6-11/h1-8H,9-10H2,(H,17,22)(H,18,20)(H,19,23). The van der Waals surface area contributed by atoms with Gasteiger partial charge in [0.1, 0.15) is 6.54 Å². The molecule has 0 fully saturated rings. The molecule has 0 saturated carbocycles. The second-order valence-electron chi connectivity index (χ2n) is 4.69. The van der Waals surface area contributed by atoms with Crippen molar-refractivity contribution in [3.8, 4) is 0 Å². The molecule has 0 spiro atoms. The second kappa shape index (κ2) is 8.87. The van der Waals surface area contributed by atoms with Crippen LogP contribution in [0.15, 0.2) is 53.1 Å². The van der Waals surface area contributed by atoms with Crippen LogP contribution in [-0.4, -0.2) is 36.8 Å². The van der Waals surface area contributed by atoms with Crippen molar-refractivity contribution in [1.29, 1.82) is 0 Å². The van der Waals surface area contributed by atoms with Gasteiger partial charge in [-0.1, -0.05) is 18.2 Å². The smallest absolute Gasteiger partial charge is 0.325 e. The number of furan rings is 1. The van der Waals surface area contributed by atoms with E-state index in [1.807, 2.05) is 0 Å². The minimum absolute atomic E-state index is 0.0147. The summed E-state index contributed by atoms with van der Waals surface area (Å²) in [5, 5.41) is 2.36. The zero-order chi connectivity index (χ0) is 18.1. The van der Waals surface area contributed by atoms with Crippen LogP contribution in [0, 0.1) is 0 Å². The number of nitrogens with one attached hydrogen (secondary N) is 3. The quantitative estimate of drug-likeness (QED) is 0.500. The topological polar surface area (TPSA) is 127 Å². The zero-order valence-electron chi connectivity index (χ0n) is 13.0. The molecule has 0 bridgehead atoms. The van der Waals surface area contributed by atoms with Crippen LogP contribution in [0.5, 0.6) is 0 Å². The van der Waals surface area contributed by atoms with Gasteiger partial charge in [-0.25, -0.2) is 0 Å². The van der Waals surface area contributed by atoms with E-state index in [0.29, 0.717) is 5.56 Å². The fraction of sp³-hybridized carbons (Fsp3) is 0.125. The average molecular weight is 345 g/mol. The predicted molar refractivity (Wildman–Crippen MR) is 84.1 cm³/mol. The van der Waals surface area contributed by atoms with E-state index in [9.17, 15) is 19.2 Å². The molecule has 1 aromatic carbocycles. The first-order valence-electron chi connectivity index (χ1n) is 7.18. The Hall–Kier alpha value is -3.62. The van der Waals surface area contributed by atoms with Gasteiger partial charge in [-0.15, -0.1) is 0 Å². The van der Waals surface area contributed by atoms with Crippen LogP contribution in [0.4, 0.5) is 0 Å². The number of esters is 1. The third-order valence-electron chi connectivity index (χ3n) is 2.85. The Balaban J connectivity index is 1.63. The van der Waals surface area contributed by atoms with E-state index in [1.165, 1.54) is 18.4 Å². The molecular weight excluding hydrogens is 330 g/mol. The Morgan fingerprint density at radius 1 is 0.920 bits per heavy atom. The molecule has 2 aromatic rings. The molecule has 0 radical (unpaired) electrons. The SMILES string of the molecule is O=C(COC(=O)CNC(=O)c1ccccc1)NNC(=O)c1ccco1. The number of hydrogen-bond donors (Lipinski definition) is 3. The lowest BCUT2D eigenvalue weighted by Crippen LogP contribution is -2.44. The fourth-order valence-electron chi connectivity index (χ4n) is 1.67. The van der Waals surface area contributed by atoms with Crippen molar-refractivity contribution in [1.82, 2.24) is 16.2 Å². The van der Waals surface area contributed by atoms with Crippen molar-refractivity contribution in [3.63, 3.8) is 0 Å². The van der Waals surface area contributed by atoms with Crippen LogP contribution in [0.1, 0.15) is 20.9 Å². The van der Waals surface area contributed by atoms with Gasteiger partial charge in [0.05, 0.1) is 6.26 Å². The molecule has 130 valence electrons. The van der Waals surface area contributed by atoms with E-state index < -0.39 is 30.3 Å². The van der Waals surface area contributed by atoms with E-state index >= 15 is 0 Å². The summed E-state index contributed by atoms with van der Waals surface area (Å²) in [4.78, 5) is 46.2. The van der Waals surface area contributed by atoms with Gasteiger partial charge in [-0.3, -0.25) is 30.0 Å². The lowest BCUT2D eigenvalue weighted by Gasteiger charge is -2.08. The first kappa shape index (κ1) is 17.7. The summed E-state index contributed by atoms with van der Waals surface area (Å²) in [5.74, 6) is -2.62. The largest absolute Gasteiger partial charge is 0.459 e. The summed E-state index contributed by atoms with van der Waals surface area (Å²) in [5.41, 5.74) is 4.54. The van der Waals surface area contributed by atoms with Crippen molar-refractivity contribution >= 4 is 23.7 Å². The molecule has 0 aliphatic carbocycles. The number of ether oxygens (including phenoxy) is 1. The van der Waals surface area contributed by atoms with Crippen molar-refractivity contribution in [2.75, 3.05) is 13.2 Å². The third kappa shape index (κ3) is 5.82. The molecule has 0 saturated heterocycles. The Morgan fingerprint density at radius 2 is 1.68 bits per heavy atom. The Labute approximate surface area is 142 Å². The van der Waals surface area contributed by atoms with Gasteiger partial charge in [0, 0.05) is 5.56 Å². The van der Waals surface area contributed by atoms with E-state index in [0.717, 1.165) is 0 Å². The van der Waals surface area contributed by atoms with Crippen molar-refractivity contribution in [2.45, 2.75) is 0 Å². The maximum Gasteiger partial charge on any atom is 0.325 e. The summed E-state index contributed by atoms with van der Waals surface area (Å²) in [6.45, 7) is -1.00. The first-order chi connectivity index (χ1) is 12.1. The molecule has 1 aromatic heterocycles. The average Bonchev–Trinajstić information content (AvgIpc) is 3.18. The molecule has 0 unspecified atom stereocenters. The van der Waals surface area contributed by atoms with E-state index in [2.05, 4.69) is 20.9 Å². The lowest BCUT2D eigenvalue weighted by atomic mass is 10.2. The normalized spacial score (nSPS) is 9.76. The maximum atomic E-state index is 11.7. The minimum Gasteiger partial charge on any atom is -0.459 e. The second-order valence-corrected chi connectivity index (χ2v) is 4.69. The zero-order valence-corrected chi connectivity index (χ0v) is 13.0. The summed E-state index contributed by atoms with van der Waals surface area (Å²) < 4.78 is 9.50. The summed E-state index contributed by atoms with van der Waals surface area (Å²) >= 11 is 0. The van der Waals surface area contributed by atoms with E-state index in [-0.39, 0.29) is 12.3 Å². The number of hydrazine groups is 1. The van der Waals surface area contributed by atoms with Crippen LogP contribution >= 0.6 is 0 Å². The van der Waals surface area contributed by atoms with Gasteiger partial charge < -0.3 is 14.5 Å². The van der Waals surface area contributed by atoms with Gasteiger partial charge in [0.25, 0.3) is 11.8 Å². The summed E-state index contributed by atoms with van der Waals surface area (Å²) in [6, 6.07) is 11.3. The number of benzene rings is 1. The maximum absolute atomic E-state index is 11.7. The van der Waals surface area contributed by atoms with Gasteiger partial charge in [-0.2, -0.15) is 0 Å². The number of hydrogen-bond acceptors (Lipinski definition) is 6. The molecular formula is C16H15N3O6. The molecule has 3 N–H and O–H groups in total. The van der Waals surface area contributed by atoms with Crippen LogP contribution in [-0.2, 0) is 14.3 Å². The monoisotopic (exact) mass is 345 g/mol. The predicted octanol–water partition coefficient (Wildman–Crippen LogP) is 0.0138. The first-order valence-corrected chi connectivity index (χ1v) is 7.18. The molecule has 1 heterocycles. The van der Waals surface area contributed by atoms with Crippen molar-refractivity contribution in [3.05, 3.63) is 60.1 Å². The van der Waals surface area contributed by atoms with Gasteiger partial charge >= 0.3 is 11.9 Å². The van der Waals surface area contributed by atoms with Crippen LogP contribution in [0.2, 0.25) is 0 Å². The molecule has 2 rings (SSSR count). The number of amides is 3. The molecule has 0 aliphatic rings. The highest BCUT2D eigenvalue weighted by Crippen LogP contribution is 1.98. The fourth-order valence-corrected chi connectivity index (χ4v) is 1.67. The minimum atomic E-state index is -0.795. The molecule has 0 aliphatic heterocycles. The van der Waals surface area contributed by atoms with Crippen LogP contribution in [0.3, 0.4) is 0 Å². The van der Waals surface area contributed by atoms with E-state index in [4.69, 9.17) is 4.42 Å². The van der Waals surface area contributed by atoms with E-state index in [1.54, 1.807) is 30.3 Å². The van der Waals surface area contributed by atoms with Crippen LogP contribution < -0.4 is 16.2 Å². The Bertz CT molecular complexity index is 742. The Kier molecular flexibility index (Phi) is 6.29. The molecule has 9 heteroatoms. The van der Waals surface area contributed by atoms with Gasteiger partial charge in [0.2, 0.25) is 0 Å². The molecule has 25 heavy (non-hydrogen) atoms. The third-order valence-corrected chi connectivity index (χ3v) is 2.85. The van der Waals surface area contributed by atoms with Gasteiger partial charge in [0.15, 0.2) is 12.4 Å². The lowest BCUT2D eigenvalue weighted by molar-refractivity contribution is -0.147. The number of rotatable bonds is 6. The number of carbonyl (C=O) groups is 4. The highest BCUT2D eigenvalue weighted by Gasteiger charge is 2.12. The molecule has 9 nitrogen and oxygen atoms in total. The summed E-state index contributed by atoms with van der Waals surface area (Å²) in [6.07, 6.45) is 1.31. The molecule has 3 amide bonds. The highest BCUT2D eigenvalue weighted by atomic mass is 16.5. The summed E-state index contributed by atoms with van der Waals surface area (Å²) in [7, 11) is 0. The van der Waals surface area contributed by atoms with Crippen molar-refractivity contribution in [2.24, 2.45) is 0 Å². The van der Waals surface area contributed by atoms with Gasteiger partial charge in [-0.05, 0) is 24.3 Å². The van der Waals surface area contributed by atoms with Crippen LogP contribution in [0.25, 0.3) is 0 Å². The molecule has 0 atom stereocenters. The van der Waals surface area contributed by atoms with Crippen molar-refractivity contribution < 1.29 is 28.3 Å².